The summed E-state index contributed by atoms with van der Waals surface area (Å²) in [6.07, 6.45) is 1.10. The summed E-state index contributed by atoms with van der Waals surface area (Å²) in [5.41, 5.74) is 1.02. The van der Waals surface area contributed by atoms with E-state index in [1.165, 1.54) is 11.3 Å². The van der Waals surface area contributed by atoms with Crippen LogP contribution in [-0.2, 0) is 6.54 Å². The molecule has 0 fully saturated rings. The van der Waals surface area contributed by atoms with Gasteiger partial charge in [0.05, 0.1) is 0 Å². The second kappa shape index (κ2) is 6.84. The number of hydrogen-bond donors (Lipinski definition) is 1. The lowest BCUT2D eigenvalue weighted by atomic mass is 10.2. The van der Waals surface area contributed by atoms with Crippen molar-refractivity contribution in [2.45, 2.75) is 26.8 Å². The molecule has 2 rings (SSSR count). The van der Waals surface area contributed by atoms with Crippen molar-refractivity contribution in [3.8, 4) is 10.9 Å². The zero-order valence-electron chi connectivity index (χ0n) is 10.9. The van der Waals surface area contributed by atoms with Crippen LogP contribution in [0.15, 0.2) is 18.2 Å². The maximum absolute atomic E-state index is 5.95. The van der Waals surface area contributed by atoms with Gasteiger partial charge in [0.25, 0.3) is 5.19 Å². The molecule has 1 N–H and O–H groups in total. The first-order valence-corrected chi connectivity index (χ1v) is 7.35. The van der Waals surface area contributed by atoms with E-state index in [2.05, 4.69) is 22.4 Å². The third-order valence-electron chi connectivity index (χ3n) is 2.50. The number of halogens is 1. The number of aryl methyl sites for hydroxylation is 1. The maximum atomic E-state index is 5.95. The van der Waals surface area contributed by atoms with Crippen LogP contribution in [0.1, 0.15) is 23.9 Å². The summed E-state index contributed by atoms with van der Waals surface area (Å²) in [5.74, 6) is 0.719. The highest BCUT2D eigenvalue weighted by Crippen LogP contribution is 2.29. The molecule has 0 aliphatic carbocycles. The summed E-state index contributed by atoms with van der Waals surface area (Å²) in [6, 6.07) is 5.54. The first kappa shape index (κ1) is 14.2. The van der Waals surface area contributed by atoms with Gasteiger partial charge in [0.1, 0.15) is 10.8 Å². The number of benzene rings is 1. The van der Waals surface area contributed by atoms with Crippen molar-refractivity contribution in [1.29, 1.82) is 0 Å². The number of hydrogen-bond acceptors (Lipinski definition) is 5. The molecule has 0 atom stereocenters. The molecule has 4 nitrogen and oxygen atoms in total. The quantitative estimate of drug-likeness (QED) is 0.824. The van der Waals surface area contributed by atoms with Gasteiger partial charge in [-0.05, 0) is 37.6 Å². The van der Waals surface area contributed by atoms with E-state index in [0.29, 0.717) is 10.2 Å². The summed E-state index contributed by atoms with van der Waals surface area (Å²) in [4.78, 5) is 0. The van der Waals surface area contributed by atoms with Crippen LogP contribution in [0.4, 0.5) is 0 Å². The average Bonchev–Trinajstić information content (AvgIpc) is 2.82. The van der Waals surface area contributed by atoms with E-state index in [1.54, 1.807) is 6.07 Å². The van der Waals surface area contributed by atoms with Crippen LogP contribution in [0.2, 0.25) is 5.02 Å². The van der Waals surface area contributed by atoms with E-state index in [0.717, 1.165) is 35.8 Å². The Morgan fingerprint density at radius 3 is 3.00 bits per heavy atom. The Balaban J connectivity index is 2.01. The topological polar surface area (TPSA) is 47.0 Å². The predicted octanol–water partition coefficient (Wildman–Crippen LogP) is 3.79. The highest BCUT2D eigenvalue weighted by Gasteiger charge is 2.08. The fraction of sp³-hybridized carbons (Fsp3) is 0.385. The van der Waals surface area contributed by atoms with Crippen LogP contribution in [-0.4, -0.2) is 16.7 Å². The fourth-order valence-electron chi connectivity index (χ4n) is 1.50. The smallest absolute Gasteiger partial charge is 0.299 e. The molecule has 2 aromatic rings. The van der Waals surface area contributed by atoms with Crippen LogP contribution in [0.3, 0.4) is 0 Å². The lowest BCUT2D eigenvalue weighted by Crippen LogP contribution is -2.13. The molecule has 0 saturated heterocycles. The Morgan fingerprint density at radius 2 is 2.21 bits per heavy atom. The Hall–Kier alpha value is -1.17. The zero-order chi connectivity index (χ0) is 13.7. The number of rotatable bonds is 6. The monoisotopic (exact) mass is 297 g/mol. The molecule has 1 heterocycles. The molecule has 0 amide bonds. The largest absolute Gasteiger partial charge is 0.429 e. The molecule has 0 aliphatic heterocycles. The van der Waals surface area contributed by atoms with E-state index >= 15 is 0 Å². The third-order valence-corrected chi connectivity index (χ3v) is 3.54. The Labute approximate surface area is 121 Å². The zero-order valence-corrected chi connectivity index (χ0v) is 12.5. The highest BCUT2D eigenvalue weighted by atomic mass is 35.5. The summed E-state index contributed by atoms with van der Waals surface area (Å²) in [6.45, 7) is 5.80. The van der Waals surface area contributed by atoms with Crippen LogP contribution in [0.5, 0.6) is 10.9 Å². The molecular weight excluding hydrogens is 282 g/mol. The van der Waals surface area contributed by atoms with E-state index < -0.39 is 0 Å². The molecular formula is C13H16ClN3OS. The van der Waals surface area contributed by atoms with Crippen molar-refractivity contribution in [2.24, 2.45) is 0 Å². The summed E-state index contributed by atoms with van der Waals surface area (Å²) >= 11 is 7.39. The van der Waals surface area contributed by atoms with Crippen LogP contribution in [0, 0.1) is 6.92 Å². The van der Waals surface area contributed by atoms with Gasteiger partial charge in [-0.2, -0.15) is 0 Å². The Morgan fingerprint density at radius 1 is 1.37 bits per heavy atom. The molecule has 0 spiro atoms. The molecule has 1 aromatic carbocycles. The van der Waals surface area contributed by atoms with Crippen molar-refractivity contribution in [3.05, 3.63) is 33.8 Å². The highest BCUT2D eigenvalue weighted by molar-refractivity contribution is 7.13. The van der Waals surface area contributed by atoms with Gasteiger partial charge >= 0.3 is 0 Å². The number of ether oxygens (including phenoxy) is 1. The first-order chi connectivity index (χ1) is 9.19. The summed E-state index contributed by atoms with van der Waals surface area (Å²) in [5, 5.41) is 13.5. The molecule has 0 unspecified atom stereocenters. The standard InChI is InChI=1S/C13H16ClN3OS/c1-3-6-15-8-12-16-17-13(19-12)18-11-7-10(14)5-4-9(11)2/h4-5,7,15H,3,6,8H2,1-2H3. The molecule has 102 valence electrons. The van der Waals surface area contributed by atoms with Gasteiger partial charge in [-0.25, -0.2) is 0 Å². The van der Waals surface area contributed by atoms with E-state index in [1.807, 2.05) is 19.1 Å². The minimum atomic E-state index is 0.540. The number of aromatic nitrogens is 2. The maximum Gasteiger partial charge on any atom is 0.299 e. The third kappa shape index (κ3) is 4.16. The van der Waals surface area contributed by atoms with Crippen molar-refractivity contribution in [1.82, 2.24) is 15.5 Å². The van der Waals surface area contributed by atoms with Gasteiger partial charge in [-0.1, -0.05) is 41.0 Å². The van der Waals surface area contributed by atoms with Crippen molar-refractivity contribution >= 4 is 22.9 Å². The van der Waals surface area contributed by atoms with E-state index in [-0.39, 0.29) is 0 Å². The van der Waals surface area contributed by atoms with Gasteiger partial charge in [0.2, 0.25) is 0 Å². The minimum absolute atomic E-state index is 0.540. The molecule has 0 bridgehead atoms. The molecule has 0 saturated carbocycles. The van der Waals surface area contributed by atoms with Gasteiger partial charge in [-0.3, -0.25) is 0 Å². The summed E-state index contributed by atoms with van der Waals surface area (Å²) in [7, 11) is 0. The second-order valence-electron chi connectivity index (χ2n) is 4.15. The number of nitrogens with zero attached hydrogens (tertiary/aromatic N) is 2. The van der Waals surface area contributed by atoms with Crippen LogP contribution >= 0.6 is 22.9 Å². The van der Waals surface area contributed by atoms with Gasteiger partial charge in [-0.15, -0.1) is 5.10 Å². The number of nitrogens with one attached hydrogen (secondary N) is 1. The van der Waals surface area contributed by atoms with Gasteiger partial charge < -0.3 is 10.1 Å². The second-order valence-corrected chi connectivity index (χ2v) is 5.61. The molecule has 0 aliphatic rings. The minimum Gasteiger partial charge on any atom is -0.429 e. The molecule has 0 radical (unpaired) electrons. The van der Waals surface area contributed by atoms with Crippen molar-refractivity contribution < 1.29 is 4.74 Å². The lowest BCUT2D eigenvalue weighted by molar-refractivity contribution is 0.469. The van der Waals surface area contributed by atoms with E-state index in [4.69, 9.17) is 16.3 Å². The van der Waals surface area contributed by atoms with Crippen LogP contribution < -0.4 is 10.1 Å². The SMILES string of the molecule is CCCNCc1nnc(Oc2cc(Cl)ccc2C)s1. The normalized spacial score (nSPS) is 10.7. The summed E-state index contributed by atoms with van der Waals surface area (Å²) < 4.78 is 5.71. The first-order valence-electron chi connectivity index (χ1n) is 6.16. The fourth-order valence-corrected chi connectivity index (χ4v) is 2.33. The Bertz CT molecular complexity index is 544. The Kier molecular flexibility index (Phi) is 5.13. The lowest BCUT2D eigenvalue weighted by Gasteiger charge is -2.04. The van der Waals surface area contributed by atoms with Gasteiger partial charge in [0.15, 0.2) is 0 Å². The van der Waals surface area contributed by atoms with Gasteiger partial charge in [0, 0.05) is 11.6 Å². The molecule has 19 heavy (non-hydrogen) atoms. The average molecular weight is 298 g/mol. The van der Waals surface area contributed by atoms with E-state index in [9.17, 15) is 0 Å². The molecule has 6 heteroatoms. The van der Waals surface area contributed by atoms with Crippen molar-refractivity contribution in [2.75, 3.05) is 6.54 Å². The molecule has 1 aromatic heterocycles. The van der Waals surface area contributed by atoms with Crippen LogP contribution in [0.25, 0.3) is 0 Å². The van der Waals surface area contributed by atoms with Crippen molar-refractivity contribution in [3.63, 3.8) is 0 Å². The predicted molar refractivity (Wildman–Crippen MR) is 78.2 cm³/mol.